The molecule has 0 aromatic heterocycles. The van der Waals surface area contributed by atoms with Gasteiger partial charge in [-0.2, -0.15) is 0 Å². The first kappa shape index (κ1) is 33.1. The van der Waals surface area contributed by atoms with Crippen LogP contribution in [0.1, 0.15) is 40.0 Å². The predicted molar refractivity (Wildman–Crippen MR) is 131 cm³/mol. The number of hydrogen-bond acceptors (Lipinski definition) is 11. The number of esters is 1. The molecule has 1 unspecified atom stereocenters. The van der Waals surface area contributed by atoms with E-state index in [1.807, 2.05) is 20.8 Å². The summed E-state index contributed by atoms with van der Waals surface area (Å²) in [6.45, 7) is 13.0. The van der Waals surface area contributed by atoms with Crippen molar-refractivity contribution < 1.29 is 52.2 Å². The highest BCUT2D eigenvalue weighted by Crippen LogP contribution is 2.13. The van der Waals surface area contributed by atoms with Crippen molar-refractivity contribution in [1.82, 2.24) is 0 Å². The highest BCUT2D eigenvalue weighted by molar-refractivity contribution is 5.71. The predicted octanol–water partition coefficient (Wildman–Crippen LogP) is 1.99. The zero-order valence-electron chi connectivity index (χ0n) is 22.5. The van der Waals surface area contributed by atoms with Crippen molar-refractivity contribution >= 4 is 5.97 Å². The van der Waals surface area contributed by atoms with Crippen LogP contribution in [0.25, 0.3) is 0 Å². The molecule has 0 aliphatic carbocycles. The second-order valence-electron chi connectivity index (χ2n) is 8.98. The Labute approximate surface area is 216 Å². The average molecular weight is 525 g/mol. The third-order valence-electron chi connectivity index (χ3n) is 4.54. The fourth-order valence-electron chi connectivity index (χ4n) is 2.93. The number of hydrogen-bond donors (Lipinski definition) is 0. The van der Waals surface area contributed by atoms with Gasteiger partial charge < -0.3 is 47.4 Å². The third-order valence-corrected chi connectivity index (χ3v) is 4.54. The molecule has 1 aliphatic heterocycles. The Balaban J connectivity index is 1.66. The van der Waals surface area contributed by atoms with Crippen LogP contribution in [-0.2, 0) is 52.2 Å². The fourth-order valence-corrected chi connectivity index (χ4v) is 2.93. The summed E-state index contributed by atoms with van der Waals surface area (Å²) in [5.41, 5.74) is -0.503. The third kappa shape index (κ3) is 23.5. The van der Waals surface area contributed by atoms with E-state index >= 15 is 0 Å². The summed E-state index contributed by atoms with van der Waals surface area (Å²) >= 11 is 0. The standard InChI is InChI=1S/C25H48O11/c1-25(2,3)36-23(26)22-33-19-18-31-15-14-29-11-10-27-8-9-28-12-13-30-16-17-32-20-21-35-24-6-4-5-7-34-24/h24H,4-22H2,1-3H3. The van der Waals surface area contributed by atoms with Crippen LogP contribution in [0.2, 0.25) is 0 Å². The van der Waals surface area contributed by atoms with Gasteiger partial charge >= 0.3 is 5.97 Å². The molecule has 1 fully saturated rings. The summed E-state index contributed by atoms with van der Waals surface area (Å²) in [5, 5.41) is 0. The lowest BCUT2D eigenvalue weighted by Gasteiger charge is -2.22. The minimum atomic E-state index is -0.503. The molecule has 0 bridgehead atoms. The topological polar surface area (TPSA) is 109 Å². The second kappa shape index (κ2) is 23.2. The molecule has 11 nitrogen and oxygen atoms in total. The van der Waals surface area contributed by atoms with E-state index in [1.54, 1.807) is 0 Å². The summed E-state index contributed by atoms with van der Waals surface area (Å²) in [7, 11) is 0. The van der Waals surface area contributed by atoms with Gasteiger partial charge in [0.2, 0.25) is 0 Å². The molecule has 1 heterocycles. The zero-order valence-corrected chi connectivity index (χ0v) is 22.5. The van der Waals surface area contributed by atoms with Crippen molar-refractivity contribution in [3.8, 4) is 0 Å². The molecular formula is C25H48O11. The van der Waals surface area contributed by atoms with Crippen molar-refractivity contribution in [3.63, 3.8) is 0 Å². The zero-order chi connectivity index (χ0) is 26.2. The highest BCUT2D eigenvalue weighted by atomic mass is 16.7. The van der Waals surface area contributed by atoms with E-state index < -0.39 is 5.60 Å². The van der Waals surface area contributed by atoms with Gasteiger partial charge in [-0.25, -0.2) is 4.79 Å². The largest absolute Gasteiger partial charge is 0.458 e. The van der Waals surface area contributed by atoms with Crippen molar-refractivity contribution in [2.45, 2.75) is 51.9 Å². The van der Waals surface area contributed by atoms with Crippen LogP contribution in [0.5, 0.6) is 0 Å². The summed E-state index contributed by atoms with van der Waals surface area (Å²) in [5.74, 6) is -0.381. The first-order valence-corrected chi connectivity index (χ1v) is 13.0. The first-order valence-electron chi connectivity index (χ1n) is 13.0. The molecule has 0 N–H and O–H groups in total. The molecule has 1 atom stereocenters. The molecule has 0 aromatic carbocycles. The van der Waals surface area contributed by atoms with Crippen LogP contribution < -0.4 is 0 Å². The lowest BCUT2D eigenvalue weighted by molar-refractivity contribution is -0.169. The van der Waals surface area contributed by atoms with E-state index in [9.17, 15) is 4.79 Å². The van der Waals surface area contributed by atoms with Gasteiger partial charge in [0.25, 0.3) is 0 Å². The Morgan fingerprint density at radius 2 is 1.06 bits per heavy atom. The fraction of sp³-hybridized carbons (Fsp3) is 0.960. The number of carbonyl (C=O) groups excluding carboxylic acids is 1. The van der Waals surface area contributed by atoms with E-state index in [0.717, 1.165) is 25.9 Å². The van der Waals surface area contributed by atoms with Gasteiger partial charge in [-0.15, -0.1) is 0 Å². The number of carbonyl (C=O) groups is 1. The molecule has 0 spiro atoms. The smallest absolute Gasteiger partial charge is 0.332 e. The average Bonchev–Trinajstić information content (AvgIpc) is 2.84. The quantitative estimate of drug-likeness (QED) is 0.137. The van der Waals surface area contributed by atoms with Gasteiger partial charge in [-0.3, -0.25) is 0 Å². The lowest BCUT2D eigenvalue weighted by Crippen LogP contribution is -2.27. The second-order valence-corrected chi connectivity index (χ2v) is 8.98. The number of rotatable bonds is 24. The summed E-state index contributed by atoms with van der Waals surface area (Å²) in [6.07, 6.45) is 3.19. The Morgan fingerprint density at radius 1 is 0.639 bits per heavy atom. The molecule has 11 heteroatoms. The number of ether oxygens (including phenoxy) is 10. The minimum Gasteiger partial charge on any atom is -0.458 e. The van der Waals surface area contributed by atoms with E-state index in [1.165, 1.54) is 0 Å². The van der Waals surface area contributed by atoms with Gasteiger partial charge in [0.05, 0.1) is 92.5 Å². The Morgan fingerprint density at radius 3 is 1.44 bits per heavy atom. The molecule has 214 valence electrons. The summed E-state index contributed by atoms with van der Waals surface area (Å²) in [6, 6.07) is 0. The molecule has 36 heavy (non-hydrogen) atoms. The molecular weight excluding hydrogens is 476 g/mol. The molecule has 0 radical (unpaired) electrons. The maximum absolute atomic E-state index is 11.5. The summed E-state index contributed by atoms with van der Waals surface area (Å²) < 4.78 is 54.0. The monoisotopic (exact) mass is 524 g/mol. The Hall–Kier alpha value is -0.890. The molecule has 1 saturated heterocycles. The molecule has 0 amide bonds. The minimum absolute atomic E-state index is 0.0664. The normalized spacial score (nSPS) is 16.4. The van der Waals surface area contributed by atoms with Gasteiger partial charge in [0, 0.05) is 6.61 Å². The molecule has 0 aromatic rings. The van der Waals surface area contributed by atoms with Crippen LogP contribution in [0.3, 0.4) is 0 Å². The maximum atomic E-state index is 11.5. The van der Waals surface area contributed by atoms with Crippen molar-refractivity contribution in [3.05, 3.63) is 0 Å². The van der Waals surface area contributed by atoms with Crippen LogP contribution in [0.4, 0.5) is 0 Å². The van der Waals surface area contributed by atoms with Gasteiger partial charge in [0.1, 0.15) is 12.2 Å². The van der Waals surface area contributed by atoms with Gasteiger partial charge in [-0.1, -0.05) is 0 Å². The lowest BCUT2D eigenvalue weighted by atomic mass is 10.2. The van der Waals surface area contributed by atoms with Crippen LogP contribution in [0, 0.1) is 0 Å². The molecule has 1 rings (SSSR count). The maximum Gasteiger partial charge on any atom is 0.332 e. The molecule has 1 aliphatic rings. The van der Waals surface area contributed by atoms with E-state index in [2.05, 4.69) is 0 Å². The van der Waals surface area contributed by atoms with E-state index in [4.69, 9.17) is 47.4 Å². The molecule has 0 saturated carbocycles. The van der Waals surface area contributed by atoms with Crippen molar-refractivity contribution in [2.75, 3.05) is 106 Å². The highest BCUT2D eigenvalue weighted by Gasteiger charge is 2.16. The Bertz CT molecular complexity index is 493. The van der Waals surface area contributed by atoms with Gasteiger partial charge in [0.15, 0.2) is 6.29 Å². The van der Waals surface area contributed by atoms with E-state index in [-0.39, 0.29) is 18.9 Å². The van der Waals surface area contributed by atoms with Crippen molar-refractivity contribution in [2.24, 2.45) is 0 Å². The van der Waals surface area contributed by atoms with E-state index in [0.29, 0.717) is 92.5 Å². The van der Waals surface area contributed by atoms with Crippen LogP contribution >= 0.6 is 0 Å². The van der Waals surface area contributed by atoms with Gasteiger partial charge in [-0.05, 0) is 40.0 Å². The van der Waals surface area contributed by atoms with Crippen LogP contribution in [-0.4, -0.2) is 124 Å². The SMILES string of the molecule is CC(C)(C)OC(=O)COCCOCCOCCOCCOCCOCCOCCOC1CCCCO1. The van der Waals surface area contributed by atoms with Crippen molar-refractivity contribution in [1.29, 1.82) is 0 Å². The van der Waals surface area contributed by atoms with Crippen LogP contribution in [0.15, 0.2) is 0 Å². The Kier molecular flexibility index (Phi) is 21.4. The summed E-state index contributed by atoms with van der Waals surface area (Å²) in [4.78, 5) is 11.5. The first-order chi connectivity index (χ1) is 17.5.